The first-order valence-electron chi connectivity index (χ1n) is 10.0. The van der Waals surface area contributed by atoms with Crippen LogP contribution in [0, 0.1) is 3.57 Å². The summed E-state index contributed by atoms with van der Waals surface area (Å²) in [5.41, 5.74) is 4.00. The van der Waals surface area contributed by atoms with E-state index in [4.69, 9.17) is 14.2 Å². The molecule has 2 aromatic carbocycles. The summed E-state index contributed by atoms with van der Waals surface area (Å²) in [5, 5.41) is 6.66. The van der Waals surface area contributed by atoms with Crippen molar-refractivity contribution in [1.82, 2.24) is 10.7 Å². The van der Waals surface area contributed by atoms with Crippen LogP contribution < -0.4 is 25.0 Å². The fourth-order valence-corrected chi connectivity index (χ4v) is 3.47. The molecule has 2 N–H and O–H groups in total. The van der Waals surface area contributed by atoms with E-state index in [1.807, 2.05) is 19.9 Å². The van der Waals surface area contributed by atoms with Gasteiger partial charge in [-0.05, 0) is 78.8 Å². The van der Waals surface area contributed by atoms with Crippen LogP contribution in [0.4, 0.5) is 0 Å². The fourth-order valence-electron chi connectivity index (χ4n) is 2.72. The molecule has 32 heavy (non-hydrogen) atoms. The number of methoxy groups -OCH3 is 2. The third-order valence-corrected chi connectivity index (χ3v) is 5.09. The molecule has 0 heterocycles. The average Bonchev–Trinajstić information content (AvgIpc) is 2.75. The zero-order valence-electron chi connectivity index (χ0n) is 18.8. The Morgan fingerprint density at radius 1 is 1.09 bits per heavy atom. The summed E-state index contributed by atoms with van der Waals surface area (Å²) in [7, 11) is 3.15. The molecule has 2 aromatic rings. The van der Waals surface area contributed by atoms with Crippen molar-refractivity contribution in [3.05, 3.63) is 51.1 Å². The van der Waals surface area contributed by atoms with Gasteiger partial charge in [0.25, 0.3) is 5.91 Å². The van der Waals surface area contributed by atoms with E-state index in [1.165, 1.54) is 6.21 Å². The highest BCUT2D eigenvalue weighted by Gasteiger charge is 2.16. The number of hydrogen-bond acceptors (Lipinski definition) is 6. The SMILES string of the molecule is COc1ccc(CC(=O)NC(C)C(=O)NN=Cc2cc(I)c(OC(C)C)c(OC)c2)cc1. The van der Waals surface area contributed by atoms with Gasteiger partial charge in [-0.15, -0.1) is 0 Å². The van der Waals surface area contributed by atoms with Crippen LogP contribution in [0.15, 0.2) is 41.5 Å². The molecule has 1 atom stereocenters. The lowest BCUT2D eigenvalue weighted by atomic mass is 10.1. The summed E-state index contributed by atoms with van der Waals surface area (Å²) < 4.78 is 17.2. The number of nitrogens with zero attached hydrogens (tertiary/aromatic N) is 1. The Bertz CT molecular complexity index is 961. The first kappa shape index (κ1) is 25.4. The first-order valence-corrected chi connectivity index (χ1v) is 11.1. The van der Waals surface area contributed by atoms with Gasteiger partial charge in [0.2, 0.25) is 5.91 Å². The molecule has 8 nitrogen and oxygen atoms in total. The molecule has 0 fully saturated rings. The van der Waals surface area contributed by atoms with E-state index >= 15 is 0 Å². The second-order valence-electron chi connectivity index (χ2n) is 7.25. The molecule has 9 heteroatoms. The lowest BCUT2D eigenvalue weighted by Gasteiger charge is -2.15. The highest BCUT2D eigenvalue weighted by Crippen LogP contribution is 2.34. The number of benzene rings is 2. The van der Waals surface area contributed by atoms with Crippen molar-refractivity contribution in [3.63, 3.8) is 0 Å². The number of ether oxygens (including phenoxy) is 3. The van der Waals surface area contributed by atoms with E-state index in [0.717, 1.165) is 14.7 Å². The van der Waals surface area contributed by atoms with Gasteiger partial charge in [-0.3, -0.25) is 9.59 Å². The number of hydrogen-bond donors (Lipinski definition) is 2. The van der Waals surface area contributed by atoms with Crippen LogP contribution in [0.25, 0.3) is 0 Å². The molecule has 2 rings (SSSR count). The van der Waals surface area contributed by atoms with Gasteiger partial charge >= 0.3 is 0 Å². The second-order valence-corrected chi connectivity index (χ2v) is 8.41. The third-order valence-electron chi connectivity index (χ3n) is 4.29. The Labute approximate surface area is 201 Å². The number of nitrogens with one attached hydrogen (secondary N) is 2. The van der Waals surface area contributed by atoms with Crippen molar-refractivity contribution in [2.75, 3.05) is 14.2 Å². The largest absolute Gasteiger partial charge is 0.497 e. The lowest BCUT2D eigenvalue weighted by molar-refractivity contribution is -0.128. The summed E-state index contributed by atoms with van der Waals surface area (Å²) in [5.74, 6) is 1.27. The van der Waals surface area contributed by atoms with E-state index in [-0.39, 0.29) is 18.4 Å². The average molecular weight is 553 g/mol. The summed E-state index contributed by atoms with van der Waals surface area (Å²) in [4.78, 5) is 24.5. The normalized spacial score (nSPS) is 11.8. The first-order chi connectivity index (χ1) is 15.2. The van der Waals surface area contributed by atoms with Crippen LogP contribution in [0.1, 0.15) is 31.9 Å². The molecule has 0 saturated heterocycles. The lowest BCUT2D eigenvalue weighted by Crippen LogP contribution is -2.43. The molecule has 1 unspecified atom stereocenters. The number of rotatable bonds is 10. The van der Waals surface area contributed by atoms with Gasteiger partial charge in [-0.25, -0.2) is 5.43 Å². The Hall–Kier alpha value is -2.82. The molecule has 2 amide bonds. The van der Waals surface area contributed by atoms with Gasteiger partial charge < -0.3 is 19.5 Å². The zero-order chi connectivity index (χ0) is 23.7. The topological polar surface area (TPSA) is 98.2 Å². The van der Waals surface area contributed by atoms with Crippen molar-refractivity contribution in [2.24, 2.45) is 5.10 Å². The minimum absolute atomic E-state index is 0.0117. The van der Waals surface area contributed by atoms with Crippen LogP contribution in [-0.2, 0) is 16.0 Å². The number of halogens is 1. The van der Waals surface area contributed by atoms with E-state index in [1.54, 1.807) is 51.5 Å². The summed E-state index contributed by atoms with van der Waals surface area (Å²) in [6, 6.07) is 10.1. The maximum absolute atomic E-state index is 12.3. The van der Waals surface area contributed by atoms with Crippen LogP contribution in [-0.4, -0.2) is 44.4 Å². The van der Waals surface area contributed by atoms with Gasteiger partial charge in [0.05, 0.1) is 36.5 Å². The summed E-state index contributed by atoms with van der Waals surface area (Å²) in [6.07, 6.45) is 1.68. The Kier molecular flexibility index (Phi) is 9.76. The van der Waals surface area contributed by atoms with Crippen molar-refractivity contribution >= 4 is 40.6 Å². The smallest absolute Gasteiger partial charge is 0.262 e. The molecule has 0 radical (unpaired) electrons. The molecule has 0 saturated carbocycles. The highest BCUT2D eigenvalue weighted by molar-refractivity contribution is 14.1. The van der Waals surface area contributed by atoms with Crippen LogP contribution in [0.2, 0.25) is 0 Å². The number of amides is 2. The quantitative estimate of drug-likeness (QED) is 0.268. The van der Waals surface area contributed by atoms with Crippen molar-refractivity contribution < 1.29 is 23.8 Å². The van der Waals surface area contributed by atoms with Crippen molar-refractivity contribution in [3.8, 4) is 17.2 Å². The van der Waals surface area contributed by atoms with Crippen LogP contribution >= 0.6 is 22.6 Å². The Morgan fingerprint density at radius 2 is 1.78 bits per heavy atom. The van der Waals surface area contributed by atoms with Gasteiger partial charge in [0.15, 0.2) is 11.5 Å². The van der Waals surface area contributed by atoms with Crippen molar-refractivity contribution in [2.45, 2.75) is 39.3 Å². The fraction of sp³-hybridized carbons (Fsp3) is 0.348. The molecule has 0 spiro atoms. The molecule has 0 aliphatic heterocycles. The maximum Gasteiger partial charge on any atom is 0.262 e. The minimum atomic E-state index is -0.741. The molecule has 0 aliphatic carbocycles. The monoisotopic (exact) mass is 553 g/mol. The zero-order valence-corrected chi connectivity index (χ0v) is 20.9. The van der Waals surface area contributed by atoms with Crippen LogP contribution in [0.3, 0.4) is 0 Å². The van der Waals surface area contributed by atoms with E-state index < -0.39 is 11.9 Å². The minimum Gasteiger partial charge on any atom is -0.497 e. The maximum atomic E-state index is 12.3. The van der Waals surface area contributed by atoms with Gasteiger partial charge in [-0.2, -0.15) is 5.10 Å². The summed E-state index contributed by atoms with van der Waals surface area (Å²) >= 11 is 2.16. The molecular formula is C23H28IN3O5. The number of carbonyl (C=O) groups is 2. The third kappa shape index (κ3) is 7.70. The second kappa shape index (κ2) is 12.3. The molecule has 0 aliphatic rings. The van der Waals surface area contributed by atoms with E-state index in [2.05, 4.69) is 38.4 Å². The standard InChI is InChI=1S/C23H28IN3O5/c1-14(2)32-22-19(24)10-17(11-20(22)31-5)13-25-27-23(29)15(3)26-21(28)12-16-6-8-18(30-4)9-7-16/h6-11,13-15H,12H2,1-5H3,(H,26,28)(H,27,29). The van der Waals surface area contributed by atoms with Crippen molar-refractivity contribution in [1.29, 1.82) is 0 Å². The number of carbonyl (C=O) groups excluding carboxylic acids is 2. The number of hydrazone groups is 1. The van der Waals surface area contributed by atoms with Gasteiger partial charge in [0, 0.05) is 0 Å². The van der Waals surface area contributed by atoms with Gasteiger partial charge in [-0.1, -0.05) is 12.1 Å². The summed E-state index contributed by atoms with van der Waals surface area (Å²) in [6.45, 7) is 5.48. The predicted octanol–water partition coefficient (Wildman–Crippen LogP) is 3.29. The molecular weight excluding hydrogens is 525 g/mol. The van der Waals surface area contributed by atoms with Gasteiger partial charge in [0.1, 0.15) is 11.8 Å². The van der Waals surface area contributed by atoms with Crippen LogP contribution in [0.5, 0.6) is 17.2 Å². The molecule has 0 bridgehead atoms. The Balaban J connectivity index is 1.91. The van der Waals surface area contributed by atoms with E-state index in [0.29, 0.717) is 17.2 Å². The molecule has 172 valence electrons. The van der Waals surface area contributed by atoms with E-state index in [9.17, 15) is 9.59 Å². The Morgan fingerprint density at radius 3 is 2.38 bits per heavy atom. The highest BCUT2D eigenvalue weighted by atomic mass is 127. The molecule has 0 aromatic heterocycles. The predicted molar refractivity (Wildman–Crippen MR) is 132 cm³/mol.